The topological polar surface area (TPSA) is 182 Å². The van der Waals surface area contributed by atoms with Crippen molar-refractivity contribution in [1.29, 1.82) is 0 Å². The summed E-state index contributed by atoms with van der Waals surface area (Å²) < 4.78 is 0. The molecular weight excluding hydrogens is 636 g/mol. The number of carbonyl (C=O) groups is 2. The zero-order valence-electron chi connectivity index (χ0n) is 28.3. The third kappa shape index (κ3) is 9.77. The molecule has 1 amide bonds. The average Bonchev–Trinajstić information content (AvgIpc) is 3.79. The quantitative estimate of drug-likeness (QED) is 0.0594. The van der Waals surface area contributed by atoms with Gasteiger partial charge in [-0.3, -0.25) is 14.6 Å². The fraction of sp³-hybridized carbons (Fsp3) is 0.368. The first-order valence-corrected chi connectivity index (χ1v) is 17.4. The SMILES string of the molecule is CCCCCCCCCCCCNC(=O)/C=C/c1ccc(-c2[nH]c(-c3c[nH]c(=O)[nH]c3=O)nc2-c2ccc(C3=NOC(C(=O)O)C3)cc2)cc1. The van der Waals surface area contributed by atoms with Gasteiger partial charge in [0.05, 0.1) is 22.7 Å². The number of aliphatic carboxylic acids is 1. The van der Waals surface area contributed by atoms with Gasteiger partial charge < -0.3 is 25.2 Å². The van der Waals surface area contributed by atoms with Crippen LogP contribution in [0, 0.1) is 0 Å². The fourth-order valence-electron chi connectivity index (χ4n) is 5.82. The number of aromatic nitrogens is 4. The molecule has 5 rings (SSSR count). The summed E-state index contributed by atoms with van der Waals surface area (Å²) in [6, 6.07) is 14.8. The molecule has 2 aromatic carbocycles. The second-order valence-corrected chi connectivity index (χ2v) is 12.5. The number of rotatable bonds is 18. The summed E-state index contributed by atoms with van der Waals surface area (Å²) in [7, 11) is 0. The first-order chi connectivity index (χ1) is 24.3. The van der Waals surface area contributed by atoms with E-state index in [4.69, 9.17) is 9.82 Å². The van der Waals surface area contributed by atoms with E-state index in [-0.39, 0.29) is 23.7 Å². The molecule has 0 aliphatic carbocycles. The van der Waals surface area contributed by atoms with Crippen molar-refractivity contribution in [3.8, 4) is 33.9 Å². The van der Waals surface area contributed by atoms with Gasteiger partial charge >= 0.3 is 11.7 Å². The lowest BCUT2D eigenvalue weighted by molar-refractivity contribution is -0.148. The van der Waals surface area contributed by atoms with Crippen LogP contribution in [0.3, 0.4) is 0 Å². The van der Waals surface area contributed by atoms with Crippen LogP contribution in [0.15, 0.2) is 75.5 Å². The van der Waals surface area contributed by atoms with Gasteiger partial charge in [-0.25, -0.2) is 14.6 Å². The fourth-order valence-corrected chi connectivity index (χ4v) is 5.82. The number of H-pyrrole nitrogens is 3. The van der Waals surface area contributed by atoms with E-state index in [9.17, 15) is 24.3 Å². The Morgan fingerprint density at radius 3 is 2.16 bits per heavy atom. The number of carboxylic acids is 1. The number of carboxylic acid groups (broad SMARTS) is 1. The van der Waals surface area contributed by atoms with Crippen molar-refractivity contribution in [3.05, 3.63) is 92.8 Å². The zero-order chi connectivity index (χ0) is 35.3. The van der Waals surface area contributed by atoms with Crippen LogP contribution >= 0.6 is 0 Å². The van der Waals surface area contributed by atoms with Crippen molar-refractivity contribution >= 4 is 23.7 Å². The first kappa shape index (κ1) is 35.8. The smallest absolute Gasteiger partial charge is 0.348 e. The normalized spacial score (nSPS) is 14.1. The molecule has 0 spiro atoms. The summed E-state index contributed by atoms with van der Waals surface area (Å²) in [5, 5.41) is 16.1. The Kier molecular flexibility index (Phi) is 12.7. The number of nitrogens with zero attached hydrogens (tertiary/aromatic N) is 2. The molecule has 262 valence electrons. The molecule has 4 aromatic rings. The number of imidazole rings is 1. The van der Waals surface area contributed by atoms with E-state index in [2.05, 4.69) is 32.3 Å². The third-order valence-electron chi connectivity index (χ3n) is 8.67. The molecule has 5 N–H and O–H groups in total. The van der Waals surface area contributed by atoms with E-state index in [1.165, 1.54) is 63.6 Å². The molecule has 2 aromatic heterocycles. The van der Waals surface area contributed by atoms with Crippen LogP contribution in [-0.4, -0.2) is 55.3 Å². The van der Waals surface area contributed by atoms with Gasteiger partial charge in [-0.15, -0.1) is 0 Å². The van der Waals surface area contributed by atoms with Crippen LogP contribution in [-0.2, 0) is 14.4 Å². The minimum Gasteiger partial charge on any atom is -0.478 e. The van der Waals surface area contributed by atoms with E-state index < -0.39 is 23.3 Å². The molecule has 12 nitrogen and oxygen atoms in total. The minimum atomic E-state index is -1.07. The number of carbonyl (C=O) groups excluding carboxylic acids is 1. The first-order valence-electron chi connectivity index (χ1n) is 17.4. The molecule has 1 unspecified atom stereocenters. The molecule has 3 heterocycles. The van der Waals surface area contributed by atoms with E-state index in [1.807, 2.05) is 48.5 Å². The van der Waals surface area contributed by atoms with Crippen molar-refractivity contribution in [2.75, 3.05) is 6.54 Å². The van der Waals surface area contributed by atoms with Crippen LogP contribution in [0.25, 0.3) is 40.0 Å². The highest BCUT2D eigenvalue weighted by atomic mass is 16.7. The number of nitrogens with one attached hydrogen (secondary N) is 4. The monoisotopic (exact) mass is 680 g/mol. The summed E-state index contributed by atoms with van der Waals surface area (Å²) in [6.07, 6.45) is 16.2. The summed E-state index contributed by atoms with van der Waals surface area (Å²) >= 11 is 0. The zero-order valence-corrected chi connectivity index (χ0v) is 28.3. The van der Waals surface area contributed by atoms with Crippen molar-refractivity contribution < 1.29 is 19.5 Å². The van der Waals surface area contributed by atoms with Gasteiger partial charge in [0.1, 0.15) is 5.82 Å². The molecule has 0 saturated carbocycles. The van der Waals surface area contributed by atoms with Crippen LogP contribution in [0.5, 0.6) is 0 Å². The second kappa shape index (κ2) is 17.8. The highest BCUT2D eigenvalue weighted by Gasteiger charge is 2.28. The Morgan fingerprint density at radius 2 is 1.52 bits per heavy atom. The third-order valence-corrected chi connectivity index (χ3v) is 8.67. The maximum atomic E-state index is 12.6. The van der Waals surface area contributed by atoms with Crippen molar-refractivity contribution in [2.24, 2.45) is 5.16 Å². The van der Waals surface area contributed by atoms with Gasteiger partial charge in [0, 0.05) is 36.4 Å². The molecular formula is C38H44N6O6. The Morgan fingerprint density at radius 1 is 0.880 bits per heavy atom. The van der Waals surface area contributed by atoms with Crippen LogP contribution in [0.2, 0.25) is 0 Å². The van der Waals surface area contributed by atoms with Gasteiger partial charge in [-0.2, -0.15) is 0 Å². The van der Waals surface area contributed by atoms with Crippen molar-refractivity contribution in [1.82, 2.24) is 25.3 Å². The number of unbranched alkanes of at least 4 members (excludes halogenated alkanes) is 9. The maximum Gasteiger partial charge on any atom is 0.348 e. The molecule has 1 aliphatic heterocycles. The van der Waals surface area contributed by atoms with Gasteiger partial charge in [-0.1, -0.05) is 118 Å². The predicted octanol–water partition coefficient (Wildman–Crippen LogP) is 6.42. The highest BCUT2D eigenvalue weighted by molar-refractivity contribution is 6.03. The molecule has 0 fully saturated rings. The Bertz CT molecular complexity index is 1920. The van der Waals surface area contributed by atoms with Gasteiger partial charge in [0.2, 0.25) is 12.0 Å². The van der Waals surface area contributed by atoms with Gasteiger partial charge in [-0.05, 0) is 23.6 Å². The highest BCUT2D eigenvalue weighted by Crippen LogP contribution is 2.33. The van der Waals surface area contributed by atoms with E-state index in [0.29, 0.717) is 23.6 Å². The number of aromatic amines is 3. The lowest BCUT2D eigenvalue weighted by atomic mass is 10.00. The second-order valence-electron chi connectivity index (χ2n) is 12.5. The number of benzene rings is 2. The average molecular weight is 681 g/mol. The molecule has 12 heteroatoms. The number of hydrogen-bond donors (Lipinski definition) is 5. The van der Waals surface area contributed by atoms with Gasteiger partial charge in [0.25, 0.3) is 5.56 Å². The number of oxime groups is 1. The van der Waals surface area contributed by atoms with Crippen molar-refractivity contribution in [2.45, 2.75) is 83.7 Å². The predicted molar refractivity (Wildman–Crippen MR) is 194 cm³/mol. The molecule has 0 bridgehead atoms. The standard InChI is InChI=1S/C38H44N6O6/c1-2-3-4-5-6-7-8-9-10-11-22-39-32(45)21-14-25-12-15-27(16-13-25)33-34(42-35(41-33)29-24-40-38(49)43-36(29)46)28-19-17-26(18-20-28)30-23-31(37(47)48)50-44-30/h12-21,24,31H,2-11,22-23H2,1H3,(H,39,45)(H,41,42)(H,47,48)(H2,40,43,46,49)/b21-14+. The van der Waals surface area contributed by atoms with Crippen LogP contribution in [0.1, 0.15) is 88.7 Å². The van der Waals surface area contributed by atoms with Gasteiger partial charge in [0.15, 0.2) is 0 Å². The van der Waals surface area contributed by atoms with Crippen LogP contribution < -0.4 is 16.6 Å². The number of hydrogen-bond acceptors (Lipinski definition) is 7. The lowest BCUT2D eigenvalue weighted by Crippen LogP contribution is -2.22. The van der Waals surface area contributed by atoms with E-state index in [1.54, 1.807) is 6.08 Å². The van der Waals surface area contributed by atoms with Crippen LogP contribution in [0.4, 0.5) is 0 Å². The minimum absolute atomic E-state index is 0.131. The molecule has 0 radical (unpaired) electrons. The van der Waals surface area contributed by atoms with E-state index in [0.717, 1.165) is 35.1 Å². The number of amides is 1. The summed E-state index contributed by atoms with van der Waals surface area (Å²) in [5.41, 5.74) is 3.73. The summed E-state index contributed by atoms with van der Waals surface area (Å²) in [4.78, 5) is 65.6. The maximum absolute atomic E-state index is 12.6. The Hall–Kier alpha value is -5.52. The Labute approximate surface area is 290 Å². The largest absolute Gasteiger partial charge is 0.478 e. The summed E-state index contributed by atoms with van der Waals surface area (Å²) in [6.45, 7) is 2.90. The van der Waals surface area contributed by atoms with Crippen molar-refractivity contribution in [3.63, 3.8) is 0 Å². The molecule has 1 aliphatic rings. The van der Waals surface area contributed by atoms with E-state index >= 15 is 0 Å². The Balaban J connectivity index is 1.23. The summed E-state index contributed by atoms with van der Waals surface area (Å²) in [5.74, 6) is -0.943. The molecule has 50 heavy (non-hydrogen) atoms. The lowest BCUT2D eigenvalue weighted by Gasteiger charge is -2.06. The molecule has 1 atom stereocenters. The molecule has 0 saturated heterocycles.